The van der Waals surface area contributed by atoms with E-state index in [2.05, 4.69) is 6.58 Å². The third-order valence-corrected chi connectivity index (χ3v) is 4.68. The molecular formula is C17H26O6. The summed E-state index contributed by atoms with van der Waals surface area (Å²) in [5.74, 6) is -3.74. The first-order chi connectivity index (χ1) is 10.9. The number of carbonyl (C=O) groups excluding carboxylic acids is 1. The topological polar surface area (TPSA) is 101 Å². The second-order valence-corrected chi connectivity index (χ2v) is 6.21. The molecule has 6 nitrogen and oxygen atoms in total. The third kappa shape index (κ3) is 4.81. The first-order valence-corrected chi connectivity index (χ1v) is 8.16. The monoisotopic (exact) mass is 326 g/mol. The maximum absolute atomic E-state index is 11.9. The fraction of sp³-hybridized carbons (Fsp3) is 0.706. The predicted molar refractivity (Wildman–Crippen MR) is 83.9 cm³/mol. The van der Waals surface area contributed by atoms with Crippen LogP contribution in [0.2, 0.25) is 0 Å². The van der Waals surface area contributed by atoms with E-state index in [-0.39, 0.29) is 6.42 Å². The number of ether oxygens (including phenoxy) is 1. The van der Waals surface area contributed by atoms with Crippen molar-refractivity contribution in [1.29, 1.82) is 0 Å². The molecule has 0 saturated heterocycles. The minimum absolute atomic E-state index is 0.0406. The molecule has 130 valence electrons. The van der Waals surface area contributed by atoms with Crippen LogP contribution in [-0.2, 0) is 19.1 Å². The van der Waals surface area contributed by atoms with E-state index in [4.69, 9.17) is 4.74 Å². The molecule has 3 unspecified atom stereocenters. The van der Waals surface area contributed by atoms with Crippen molar-refractivity contribution in [2.24, 2.45) is 11.3 Å². The summed E-state index contributed by atoms with van der Waals surface area (Å²) in [5.41, 5.74) is -1.37. The zero-order chi connectivity index (χ0) is 17.5. The fourth-order valence-electron chi connectivity index (χ4n) is 3.44. The number of aliphatic carboxylic acids is 2. The van der Waals surface area contributed by atoms with E-state index in [0.717, 1.165) is 18.9 Å². The van der Waals surface area contributed by atoms with E-state index in [9.17, 15) is 24.6 Å². The van der Waals surface area contributed by atoms with Crippen LogP contribution in [0.25, 0.3) is 0 Å². The molecule has 23 heavy (non-hydrogen) atoms. The molecule has 0 heterocycles. The number of esters is 1. The van der Waals surface area contributed by atoms with Crippen molar-refractivity contribution < 1.29 is 29.3 Å². The Hall–Kier alpha value is -1.85. The molecule has 0 aromatic heterocycles. The van der Waals surface area contributed by atoms with Crippen LogP contribution in [0.4, 0.5) is 0 Å². The predicted octanol–water partition coefficient (Wildman–Crippen LogP) is 3.01. The quantitative estimate of drug-likeness (QED) is 0.499. The summed E-state index contributed by atoms with van der Waals surface area (Å²) in [6.07, 6.45) is 4.69. The number of unbranched alkanes of at least 4 members (excludes halogenated alkanes) is 1. The summed E-state index contributed by atoms with van der Waals surface area (Å²) in [6.45, 7) is 5.34. The third-order valence-electron chi connectivity index (χ3n) is 4.68. The molecule has 0 bridgehead atoms. The molecule has 0 aliphatic heterocycles. The summed E-state index contributed by atoms with van der Waals surface area (Å²) in [4.78, 5) is 35.0. The van der Waals surface area contributed by atoms with E-state index in [1.807, 2.05) is 6.92 Å². The Labute approximate surface area is 136 Å². The van der Waals surface area contributed by atoms with Crippen molar-refractivity contribution in [2.45, 2.75) is 64.4 Å². The first-order valence-electron chi connectivity index (χ1n) is 8.16. The highest BCUT2D eigenvalue weighted by atomic mass is 16.5. The summed E-state index contributed by atoms with van der Waals surface area (Å²) in [6, 6.07) is 0. The second kappa shape index (κ2) is 8.70. The van der Waals surface area contributed by atoms with Gasteiger partial charge in [-0.3, -0.25) is 9.59 Å². The lowest BCUT2D eigenvalue weighted by Gasteiger charge is -2.40. The van der Waals surface area contributed by atoms with Gasteiger partial charge in [0, 0.05) is 12.5 Å². The molecule has 1 rings (SSSR count). The highest BCUT2D eigenvalue weighted by Crippen LogP contribution is 2.46. The Kier molecular flexibility index (Phi) is 7.26. The Morgan fingerprint density at radius 1 is 1.35 bits per heavy atom. The van der Waals surface area contributed by atoms with Crippen molar-refractivity contribution in [1.82, 2.24) is 0 Å². The van der Waals surface area contributed by atoms with E-state index < -0.39 is 35.3 Å². The molecule has 3 atom stereocenters. The van der Waals surface area contributed by atoms with Crippen LogP contribution >= 0.6 is 0 Å². The second-order valence-electron chi connectivity index (χ2n) is 6.21. The van der Waals surface area contributed by atoms with E-state index in [1.54, 1.807) is 0 Å². The maximum Gasteiger partial charge on any atom is 0.330 e. The van der Waals surface area contributed by atoms with Gasteiger partial charge in [0.1, 0.15) is 6.10 Å². The van der Waals surface area contributed by atoms with Gasteiger partial charge in [0.05, 0.1) is 11.3 Å². The van der Waals surface area contributed by atoms with E-state index in [1.165, 1.54) is 0 Å². The minimum Gasteiger partial charge on any atom is -0.481 e. The molecule has 6 heteroatoms. The van der Waals surface area contributed by atoms with Gasteiger partial charge in [-0.05, 0) is 19.3 Å². The van der Waals surface area contributed by atoms with Gasteiger partial charge in [0.15, 0.2) is 0 Å². The number of rotatable bonds is 9. The van der Waals surface area contributed by atoms with Crippen LogP contribution in [0.15, 0.2) is 12.7 Å². The normalized spacial score (nSPS) is 25.3. The van der Waals surface area contributed by atoms with Gasteiger partial charge in [-0.15, -0.1) is 0 Å². The van der Waals surface area contributed by atoms with Crippen molar-refractivity contribution >= 4 is 17.9 Å². The Morgan fingerprint density at radius 2 is 2.04 bits per heavy atom. The molecule has 1 saturated carbocycles. The van der Waals surface area contributed by atoms with Gasteiger partial charge in [-0.2, -0.15) is 0 Å². The average Bonchev–Trinajstić information content (AvgIpc) is 2.52. The number of carboxylic acid groups (broad SMARTS) is 2. The van der Waals surface area contributed by atoms with Gasteiger partial charge in [-0.25, -0.2) is 4.79 Å². The lowest BCUT2D eigenvalue weighted by atomic mass is 9.63. The van der Waals surface area contributed by atoms with Gasteiger partial charge in [0.2, 0.25) is 0 Å². The lowest BCUT2D eigenvalue weighted by Crippen LogP contribution is -2.47. The Bertz CT molecular complexity index is 458. The number of hydrogen-bond acceptors (Lipinski definition) is 4. The van der Waals surface area contributed by atoms with Crippen molar-refractivity contribution in [2.75, 3.05) is 0 Å². The van der Waals surface area contributed by atoms with Crippen molar-refractivity contribution in [3.63, 3.8) is 0 Å². The summed E-state index contributed by atoms with van der Waals surface area (Å²) in [5, 5.41) is 19.2. The molecular weight excluding hydrogens is 300 g/mol. The molecule has 0 aromatic carbocycles. The van der Waals surface area contributed by atoms with Crippen molar-refractivity contribution in [3.8, 4) is 0 Å². The Morgan fingerprint density at radius 3 is 2.57 bits per heavy atom. The minimum atomic E-state index is -1.37. The van der Waals surface area contributed by atoms with Gasteiger partial charge < -0.3 is 14.9 Å². The highest BCUT2D eigenvalue weighted by molar-refractivity contribution is 5.84. The molecule has 0 aromatic rings. The molecule has 1 fully saturated rings. The van der Waals surface area contributed by atoms with Gasteiger partial charge in [0.25, 0.3) is 0 Å². The standard InChI is InChI=1S/C17H26O6/c1-3-5-8-12(23-14(18)4-2)11-17(16(21)22)10-7-6-9-13(17)15(19)20/h4,12-13H,2-3,5-11H2,1H3,(H,19,20)(H,21,22). The first kappa shape index (κ1) is 19.2. The number of hydrogen-bond donors (Lipinski definition) is 2. The van der Waals surface area contributed by atoms with Gasteiger partial charge >= 0.3 is 17.9 Å². The van der Waals surface area contributed by atoms with Crippen molar-refractivity contribution in [3.05, 3.63) is 12.7 Å². The lowest BCUT2D eigenvalue weighted by molar-refractivity contribution is -0.171. The molecule has 2 N–H and O–H groups in total. The molecule has 1 aliphatic carbocycles. The molecule has 0 spiro atoms. The average molecular weight is 326 g/mol. The van der Waals surface area contributed by atoms with Crippen LogP contribution in [0.1, 0.15) is 58.3 Å². The summed E-state index contributed by atoms with van der Waals surface area (Å²) >= 11 is 0. The molecule has 0 radical (unpaired) electrons. The largest absolute Gasteiger partial charge is 0.481 e. The SMILES string of the molecule is C=CC(=O)OC(CCCC)CC1(C(=O)O)CCCCC1C(=O)O. The zero-order valence-corrected chi connectivity index (χ0v) is 13.6. The molecule has 1 aliphatic rings. The summed E-state index contributed by atoms with van der Waals surface area (Å²) in [7, 11) is 0. The van der Waals surface area contributed by atoms with Crippen LogP contribution in [0, 0.1) is 11.3 Å². The van der Waals surface area contributed by atoms with Crippen LogP contribution in [0.5, 0.6) is 0 Å². The van der Waals surface area contributed by atoms with Crippen LogP contribution in [-0.4, -0.2) is 34.2 Å². The molecule has 0 amide bonds. The smallest absolute Gasteiger partial charge is 0.330 e. The van der Waals surface area contributed by atoms with E-state index >= 15 is 0 Å². The van der Waals surface area contributed by atoms with E-state index in [0.29, 0.717) is 32.1 Å². The van der Waals surface area contributed by atoms with Crippen LogP contribution < -0.4 is 0 Å². The fourth-order valence-corrected chi connectivity index (χ4v) is 3.44. The Balaban J connectivity index is 3.04. The number of carboxylic acids is 2. The number of carbonyl (C=O) groups is 3. The highest BCUT2D eigenvalue weighted by Gasteiger charge is 2.52. The maximum atomic E-state index is 11.9. The summed E-state index contributed by atoms with van der Waals surface area (Å²) < 4.78 is 5.29. The van der Waals surface area contributed by atoms with Crippen LogP contribution in [0.3, 0.4) is 0 Å². The zero-order valence-electron chi connectivity index (χ0n) is 13.6. The van der Waals surface area contributed by atoms with Gasteiger partial charge in [-0.1, -0.05) is 39.2 Å².